The van der Waals surface area contributed by atoms with E-state index < -0.39 is 11.5 Å². The Morgan fingerprint density at radius 2 is 1.80 bits per heavy atom. The Balaban J connectivity index is 2.85. The van der Waals surface area contributed by atoms with Gasteiger partial charge in [0.25, 0.3) is 5.91 Å². The van der Waals surface area contributed by atoms with Gasteiger partial charge >= 0.3 is 5.97 Å². The second kappa shape index (κ2) is 6.79. The molecule has 1 N–H and O–H groups in total. The van der Waals surface area contributed by atoms with Crippen LogP contribution in [0.5, 0.6) is 0 Å². The van der Waals surface area contributed by atoms with Gasteiger partial charge in [0.05, 0.1) is 0 Å². The first-order chi connectivity index (χ1) is 9.30. The Hall–Kier alpha value is -1.49. The third kappa shape index (κ3) is 3.76. The zero-order valence-corrected chi connectivity index (χ0v) is 13.2. The van der Waals surface area contributed by atoms with Crippen LogP contribution in [0.25, 0.3) is 0 Å². The van der Waals surface area contributed by atoms with Gasteiger partial charge in [-0.05, 0) is 37.3 Å². The molecule has 1 amide bonds. The largest absolute Gasteiger partial charge is 0.480 e. The predicted molar refractivity (Wildman–Crippen MR) is 82.1 cm³/mol. The molecule has 0 bridgehead atoms. The first kappa shape index (κ1) is 16.6. The van der Waals surface area contributed by atoms with Crippen molar-refractivity contribution in [3.63, 3.8) is 0 Å². The van der Waals surface area contributed by atoms with Gasteiger partial charge in [-0.25, -0.2) is 4.79 Å². The summed E-state index contributed by atoms with van der Waals surface area (Å²) in [5, 5.41) is 9.15. The van der Waals surface area contributed by atoms with Gasteiger partial charge in [-0.15, -0.1) is 0 Å². The molecule has 0 aliphatic carbocycles. The monoisotopic (exact) mass is 295 g/mol. The van der Waals surface area contributed by atoms with Gasteiger partial charge in [-0.2, -0.15) is 11.8 Å². The highest BCUT2D eigenvalue weighted by atomic mass is 32.2. The number of nitrogens with zero attached hydrogens (tertiary/aromatic N) is 1. The van der Waals surface area contributed by atoms with Crippen molar-refractivity contribution in [1.29, 1.82) is 0 Å². The number of carbonyl (C=O) groups excluding carboxylic acids is 1. The third-order valence-corrected chi connectivity index (χ3v) is 4.29. The summed E-state index contributed by atoms with van der Waals surface area (Å²) in [6.45, 7) is 5.13. The molecule has 0 saturated carbocycles. The predicted octanol–water partition coefficient (Wildman–Crippen LogP) is 2.87. The molecule has 1 aromatic carbocycles. The number of carbonyl (C=O) groups is 2. The van der Waals surface area contributed by atoms with Crippen LogP contribution in [-0.2, 0) is 10.5 Å². The van der Waals surface area contributed by atoms with Crippen molar-refractivity contribution in [2.75, 3.05) is 12.8 Å². The van der Waals surface area contributed by atoms with Gasteiger partial charge < -0.3 is 10.0 Å². The molecule has 5 heteroatoms. The van der Waals surface area contributed by atoms with E-state index in [1.165, 1.54) is 25.8 Å². The highest BCUT2D eigenvalue weighted by Crippen LogP contribution is 2.18. The molecule has 0 radical (unpaired) electrons. The lowest BCUT2D eigenvalue weighted by Gasteiger charge is -2.31. The molecule has 20 heavy (non-hydrogen) atoms. The Kier molecular flexibility index (Phi) is 5.62. The average molecular weight is 295 g/mol. The maximum atomic E-state index is 12.3. The smallest absolute Gasteiger partial charge is 0.329 e. The Morgan fingerprint density at radius 3 is 2.25 bits per heavy atom. The molecule has 0 unspecified atom stereocenters. The summed E-state index contributed by atoms with van der Waals surface area (Å²) < 4.78 is 0. The summed E-state index contributed by atoms with van der Waals surface area (Å²) in [6.07, 6.45) is 0. The number of carboxylic acid groups (broad SMARTS) is 1. The fraction of sp³-hybridized carbons (Fsp3) is 0.467. The molecule has 0 atom stereocenters. The van der Waals surface area contributed by atoms with Crippen molar-refractivity contribution in [3.8, 4) is 0 Å². The molecule has 4 nitrogen and oxygen atoms in total. The van der Waals surface area contributed by atoms with Crippen LogP contribution >= 0.6 is 11.8 Å². The second-order valence-electron chi connectivity index (χ2n) is 5.06. The molecule has 1 aromatic rings. The van der Waals surface area contributed by atoms with E-state index in [0.29, 0.717) is 5.56 Å². The van der Waals surface area contributed by atoms with E-state index in [-0.39, 0.29) is 5.91 Å². The third-order valence-electron chi connectivity index (χ3n) is 3.34. The number of hydrogen-bond acceptors (Lipinski definition) is 3. The van der Waals surface area contributed by atoms with Gasteiger partial charge in [-0.1, -0.05) is 19.1 Å². The maximum Gasteiger partial charge on any atom is 0.329 e. The summed E-state index contributed by atoms with van der Waals surface area (Å²) in [4.78, 5) is 24.7. The molecular formula is C15H21NO3S. The summed E-state index contributed by atoms with van der Waals surface area (Å²) in [7, 11) is 1.51. The normalized spacial score (nSPS) is 11.2. The molecule has 0 saturated heterocycles. The molecule has 110 valence electrons. The lowest BCUT2D eigenvalue weighted by molar-refractivity contribution is -0.147. The van der Waals surface area contributed by atoms with Gasteiger partial charge in [0.15, 0.2) is 0 Å². The minimum absolute atomic E-state index is 0.285. The lowest BCUT2D eigenvalue weighted by Crippen LogP contribution is -2.50. The summed E-state index contributed by atoms with van der Waals surface area (Å²) >= 11 is 1.82. The molecule has 0 spiro atoms. The van der Waals surface area contributed by atoms with E-state index in [4.69, 9.17) is 5.11 Å². The van der Waals surface area contributed by atoms with Crippen LogP contribution in [0.4, 0.5) is 0 Å². The molecule has 0 aliphatic rings. The Morgan fingerprint density at radius 1 is 1.25 bits per heavy atom. The molecule has 0 aromatic heterocycles. The van der Waals surface area contributed by atoms with E-state index in [0.717, 1.165) is 17.1 Å². The fourth-order valence-corrected chi connectivity index (χ4v) is 2.19. The summed E-state index contributed by atoms with van der Waals surface area (Å²) in [5.41, 5.74) is 0.439. The molecular weight excluding hydrogens is 274 g/mol. The lowest BCUT2D eigenvalue weighted by atomic mass is 10.0. The maximum absolute atomic E-state index is 12.3. The SMILES string of the molecule is CCSCc1ccc(C(=O)N(C)C(C)(C)C(=O)O)cc1. The van der Waals surface area contributed by atoms with Crippen molar-refractivity contribution in [3.05, 3.63) is 35.4 Å². The first-order valence-electron chi connectivity index (χ1n) is 6.49. The fourth-order valence-electron chi connectivity index (χ4n) is 1.55. The Bertz CT molecular complexity index is 482. The summed E-state index contributed by atoms with van der Waals surface area (Å²) in [6, 6.07) is 7.33. The van der Waals surface area contributed by atoms with Gasteiger partial charge in [0.1, 0.15) is 5.54 Å². The standard InChI is InChI=1S/C15H21NO3S/c1-5-20-10-11-6-8-12(9-7-11)13(17)16(4)15(2,3)14(18)19/h6-9H,5,10H2,1-4H3,(H,18,19). The van der Waals surface area contributed by atoms with Crippen molar-refractivity contribution in [1.82, 2.24) is 4.90 Å². The van der Waals surface area contributed by atoms with Crippen LogP contribution in [0, 0.1) is 0 Å². The minimum atomic E-state index is -1.23. The number of amides is 1. The first-order valence-corrected chi connectivity index (χ1v) is 7.64. The van der Waals surface area contributed by atoms with Gasteiger partial charge in [0.2, 0.25) is 0 Å². The highest BCUT2D eigenvalue weighted by Gasteiger charge is 2.35. The second-order valence-corrected chi connectivity index (χ2v) is 6.34. The van der Waals surface area contributed by atoms with E-state index in [9.17, 15) is 9.59 Å². The van der Waals surface area contributed by atoms with Gasteiger partial charge in [0, 0.05) is 18.4 Å². The summed E-state index contributed by atoms with van der Waals surface area (Å²) in [5.74, 6) is 0.661. The number of carboxylic acids is 1. The zero-order valence-electron chi connectivity index (χ0n) is 12.3. The van der Waals surface area contributed by atoms with Crippen molar-refractivity contribution >= 4 is 23.6 Å². The number of rotatable bonds is 6. The topological polar surface area (TPSA) is 57.6 Å². The molecule has 0 fully saturated rings. The van der Waals surface area contributed by atoms with Gasteiger partial charge in [-0.3, -0.25) is 4.79 Å². The van der Waals surface area contributed by atoms with Crippen LogP contribution in [0.3, 0.4) is 0 Å². The van der Waals surface area contributed by atoms with E-state index >= 15 is 0 Å². The van der Waals surface area contributed by atoms with Crippen LogP contribution in [0.15, 0.2) is 24.3 Å². The van der Waals surface area contributed by atoms with Crippen LogP contribution in [-0.4, -0.2) is 40.2 Å². The number of likely N-dealkylation sites (N-methyl/N-ethyl adjacent to an activating group) is 1. The number of benzene rings is 1. The van der Waals surface area contributed by atoms with Crippen molar-refractivity contribution in [2.24, 2.45) is 0 Å². The highest BCUT2D eigenvalue weighted by molar-refractivity contribution is 7.98. The van der Waals surface area contributed by atoms with E-state index in [2.05, 4.69) is 6.92 Å². The van der Waals surface area contributed by atoms with Crippen LogP contribution < -0.4 is 0 Å². The van der Waals surface area contributed by atoms with Crippen LogP contribution in [0.1, 0.15) is 36.7 Å². The number of thioether (sulfide) groups is 1. The minimum Gasteiger partial charge on any atom is -0.480 e. The van der Waals surface area contributed by atoms with E-state index in [1.807, 2.05) is 23.9 Å². The Labute approximate surface area is 124 Å². The molecule has 1 rings (SSSR count). The van der Waals surface area contributed by atoms with Crippen molar-refractivity contribution < 1.29 is 14.7 Å². The molecule has 0 heterocycles. The number of hydrogen-bond donors (Lipinski definition) is 1. The van der Waals surface area contributed by atoms with Crippen molar-refractivity contribution in [2.45, 2.75) is 32.1 Å². The van der Waals surface area contributed by atoms with Crippen LogP contribution in [0.2, 0.25) is 0 Å². The zero-order chi connectivity index (χ0) is 15.3. The molecule has 0 aliphatic heterocycles. The quantitative estimate of drug-likeness (QED) is 0.876. The van der Waals surface area contributed by atoms with E-state index in [1.54, 1.807) is 12.1 Å². The average Bonchev–Trinajstić information content (AvgIpc) is 2.43. The number of aliphatic carboxylic acids is 1.